The highest BCUT2D eigenvalue weighted by atomic mass is 35.5. The van der Waals surface area contributed by atoms with Gasteiger partial charge >= 0.3 is 0 Å². The van der Waals surface area contributed by atoms with Crippen molar-refractivity contribution in [1.82, 2.24) is 20.2 Å². The van der Waals surface area contributed by atoms with Crippen LogP contribution < -0.4 is 5.73 Å². The van der Waals surface area contributed by atoms with Crippen LogP contribution in [0.3, 0.4) is 0 Å². The fourth-order valence-corrected chi connectivity index (χ4v) is 3.28. The number of hydrogen-bond donors (Lipinski definition) is 1. The van der Waals surface area contributed by atoms with E-state index in [1.54, 1.807) is 6.07 Å². The number of anilines is 1. The topological polar surface area (TPSA) is 69.6 Å². The molecule has 0 saturated heterocycles. The summed E-state index contributed by atoms with van der Waals surface area (Å²) in [4.78, 5) is 0. The first-order valence-electron chi connectivity index (χ1n) is 6.99. The molecule has 6 heteroatoms. The highest BCUT2D eigenvalue weighted by molar-refractivity contribution is 6.31. The van der Waals surface area contributed by atoms with Crippen LogP contribution in [0.15, 0.2) is 18.2 Å². The van der Waals surface area contributed by atoms with Crippen LogP contribution in [0, 0.1) is 5.92 Å². The fraction of sp³-hybridized carbons (Fsp3) is 0.500. The van der Waals surface area contributed by atoms with Crippen molar-refractivity contribution in [3.8, 4) is 11.4 Å². The third-order valence-corrected chi connectivity index (χ3v) is 4.36. The third-order valence-electron chi connectivity index (χ3n) is 4.14. The van der Waals surface area contributed by atoms with Crippen molar-refractivity contribution in [2.45, 2.75) is 38.6 Å². The number of nitrogens with two attached hydrogens (primary N) is 1. The Hall–Kier alpha value is -1.62. The summed E-state index contributed by atoms with van der Waals surface area (Å²) in [6.07, 6.45) is 5.10. The molecule has 2 aromatic rings. The molecule has 1 saturated carbocycles. The Bertz CT molecular complexity index is 583. The molecule has 1 aromatic heterocycles. The lowest BCUT2D eigenvalue weighted by Gasteiger charge is -2.20. The van der Waals surface area contributed by atoms with Crippen LogP contribution in [0.4, 0.5) is 5.69 Å². The summed E-state index contributed by atoms with van der Waals surface area (Å²) in [6, 6.07) is 5.72. The summed E-state index contributed by atoms with van der Waals surface area (Å²) in [5, 5.41) is 12.7. The number of benzene rings is 1. The zero-order valence-electron chi connectivity index (χ0n) is 11.5. The molecule has 1 atom stereocenters. The summed E-state index contributed by atoms with van der Waals surface area (Å²) >= 11 is 6.07. The molecule has 1 aliphatic rings. The van der Waals surface area contributed by atoms with E-state index in [1.807, 2.05) is 16.8 Å². The maximum atomic E-state index is 6.07. The molecule has 2 N–H and O–H groups in total. The lowest BCUT2D eigenvalue weighted by atomic mass is 9.99. The molecule has 0 radical (unpaired) electrons. The normalized spacial score (nSPS) is 17.5. The van der Waals surface area contributed by atoms with Crippen molar-refractivity contribution in [3.05, 3.63) is 23.2 Å². The van der Waals surface area contributed by atoms with E-state index in [1.165, 1.54) is 25.7 Å². The second-order valence-electron chi connectivity index (χ2n) is 5.51. The Balaban J connectivity index is 1.96. The highest BCUT2D eigenvalue weighted by Gasteiger charge is 2.26. The summed E-state index contributed by atoms with van der Waals surface area (Å²) in [6.45, 7) is 2.18. The summed E-state index contributed by atoms with van der Waals surface area (Å²) in [5.74, 6) is 1.38. The average molecular weight is 292 g/mol. The van der Waals surface area contributed by atoms with Gasteiger partial charge < -0.3 is 5.73 Å². The van der Waals surface area contributed by atoms with Crippen LogP contribution in [0.5, 0.6) is 0 Å². The van der Waals surface area contributed by atoms with Crippen LogP contribution in [0.2, 0.25) is 5.02 Å². The SMILES string of the molecule is CC(C1CCCC1)n1nnnc1-c1cc(N)cc(Cl)c1. The number of aromatic nitrogens is 4. The summed E-state index contributed by atoms with van der Waals surface area (Å²) < 4.78 is 1.90. The molecular formula is C14H18ClN5. The van der Waals surface area contributed by atoms with Gasteiger partial charge in [0.2, 0.25) is 0 Å². The second kappa shape index (κ2) is 5.40. The van der Waals surface area contributed by atoms with Gasteiger partial charge in [-0.3, -0.25) is 0 Å². The first kappa shape index (κ1) is 13.4. The van der Waals surface area contributed by atoms with Crippen molar-refractivity contribution < 1.29 is 0 Å². The van der Waals surface area contributed by atoms with Crippen molar-refractivity contribution in [3.63, 3.8) is 0 Å². The number of halogens is 1. The van der Waals surface area contributed by atoms with Gasteiger partial charge in [-0.15, -0.1) is 5.10 Å². The molecule has 1 aromatic carbocycles. The number of hydrogen-bond acceptors (Lipinski definition) is 4. The third kappa shape index (κ3) is 2.50. The molecule has 5 nitrogen and oxygen atoms in total. The lowest BCUT2D eigenvalue weighted by molar-refractivity contribution is 0.332. The minimum atomic E-state index is 0.294. The molecule has 1 aliphatic carbocycles. The van der Waals surface area contributed by atoms with Crippen LogP contribution in [-0.4, -0.2) is 20.2 Å². The van der Waals surface area contributed by atoms with E-state index >= 15 is 0 Å². The number of rotatable bonds is 3. The predicted molar refractivity (Wildman–Crippen MR) is 79.3 cm³/mol. The van der Waals surface area contributed by atoms with Gasteiger partial charge in [0, 0.05) is 16.3 Å². The van der Waals surface area contributed by atoms with Gasteiger partial charge in [0.05, 0.1) is 6.04 Å². The summed E-state index contributed by atoms with van der Waals surface area (Å²) in [7, 11) is 0. The Kier molecular flexibility index (Phi) is 3.61. The van der Waals surface area contributed by atoms with E-state index in [4.69, 9.17) is 17.3 Å². The van der Waals surface area contributed by atoms with E-state index < -0.39 is 0 Å². The standard InChI is InChI=1S/C14H18ClN5/c1-9(10-4-2-3-5-10)20-14(17-18-19-20)11-6-12(15)8-13(16)7-11/h6-10H,2-5,16H2,1H3. The van der Waals surface area contributed by atoms with Crippen LogP contribution >= 0.6 is 11.6 Å². The first-order chi connectivity index (χ1) is 9.65. The average Bonchev–Trinajstić information content (AvgIpc) is 3.08. The van der Waals surface area contributed by atoms with Gasteiger partial charge in [-0.25, -0.2) is 4.68 Å². The van der Waals surface area contributed by atoms with Gasteiger partial charge in [-0.05, 0) is 54.3 Å². The lowest BCUT2D eigenvalue weighted by Crippen LogP contribution is -2.16. The maximum absolute atomic E-state index is 6.07. The number of nitrogen functional groups attached to an aromatic ring is 1. The fourth-order valence-electron chi connectivity index (χ4n) is 3.04. The van der Waals surface area contributed by atoms with Crippen LogP contribution in [0.1, 0.15) is 38.6 Å². The quantitative estimate of drug-likeness (QED) is 0.881. The second-order valence-corrected chi connectivity index (χ2v) is 5.94. The first-order valence-corrected chi connectivity index (χ1v) is 7.37. The van der Waals surface area contributed by atoms with Crippen molar-refractivity contribution >= 4 is 17.3 Å². The molecule has 1 unspecified atom stereocenters. The minimum Gasteiger partial charge on any atom is -0.399 e. The Morgan fingerprint density at radius 3 is 2.75 bits per heavy atom. The van der Waals surface area contributed by atoms with Crippen molar-refractivity contribution in [2.24, 2.45) is 5.92 Å². The summed E-state index contributed by atoms with van der Waals surface area (Å²) in [5.41, 5.74) is 7.34. The van der Waals surface area contributed by atoms with Crippen LogP contribution in [0.25, 0.3) is 11.4 Å². The molecule has 0 spiro atoms. The van der Waals surface area contributed by atoms with E-state index in [0.29, 0.717) is 22.7 Å². The molecule has 1 heterocycles. The van der Waals surface area contributed by atoms with E-state index in [9.17, 15) is 0 Å². The Morgan fingerprint density at radius 2 is 2.05 bits per heavy atom. The molecule has 0 aliphatic heterocycles. The van der Waals surface area contributed by atoms with Gasteiger partial charge in [-0.2, -0.15) is 0 Å². The van der Waals surface area contributed by atoms with E-state index in [0.717, 1.165) is 11.4 Å². The van der Waals surface area contributed by atoms with Gasteiger partial charge in [-0.1, -0.05) is 24.4 Å². The van der Waals surface area contributed by atoms with Crippen LogP contribution in [-0.2, 0) is 0 Å². The molecule has 106 valence electrons. The van der Waals surface area contributed by atoms with Gasteiger partial charge in [0.15, 0.2) is 5.82 Å². The van der Waals surface area contributed by atoms with Crippen molar-refractivity contribution in [2.75, 3.05) is 5.73 Å². The van der Waals surface area contributed by atoms with E-state index in [2.05, 4.69) is 22.4 Å². The van der Waals surface area contributed by atoms with Crippen molar-refractivity contribution in [1.29, 1.82) is 0 Å². The molecule has 20 heavy (non-hydrogen) atoms. The van der Waals surface area contributed by atoms with Gasteiger partial charge in [0.1, 0.15) is 0 Å². The number of nitrogens with zero attached hydrogens (tertiary/aromatic N) is 4. The Labute approximate surface area is 123 Å². The smallest absolute Gasteiger partial charge is 0.182 e. The van der Waals surface area contributed by atoms with E-state index in [-0.39, 0.29) is 0 Å². The number of tetrazole rings is 1. The maximum Gasteiger partial charge on any atom is 0.182 e. The highest BCUT2D eigenvalue weighted by Crippen LogP contribution is 2.35. The molecule has 0 amide bonds. The largest absolute Gasteiger partial charge is 0.399 e. The molecule has 3 rings (SSSR count). The zero-order valence-corrected chi connectivity index (χ0v) is 12.2. The molecule has 1 fully saturated rings. The predicted octanol–water partition coefficient (Wildman–Crippen LogP) is 3.33. The monoisotopic (exact) mass is 291 g/mol. The molecular weight excluding hydrogens is 274 g/mol. The zero-order chi connectivity index (χ0) is 14.1. The Morgan fingerprint density at radius 1 is 1.30 bits per heavy atom. The van der Waals surface area contributed by atoms with Gasteiger partial charge in [0.25, 0.3) is 0 Å². The molecule has 0 bridgehead atoms. The minimum absolute atomic E-state index is 0.294.